The van der Waals surface area contributed by atoms with Crippen LogP contribution in [0.25, 0.3) is 6.08 Å². The number of unbranched alkanes of at least 4 members (excludes halogenated alkanes) is 2. The minimum absolute atomic E-state index is 0.553. The molecule has 0 aliphatic carbocycles. The number of pyridine rings is 1. The van der Waals surface area contributed by atoms with Gasteiger partial charge in [-0.05, 0) is 24.6 Å². The van der Waals surface area contributed by atoms with Crippen molar-refractivity contribution in [3.63, 3.8) is 0 Å². The van der Waals surface area contributed by atoms with E-state index in [1.54, 1.807) is 6.07 Å². The van der Waals surface area contributed by atoms with Crippen LogP contribution in [-0.4, -0.2) is 4.98 Å². The third-order valence-electron chi connectivity index (χ3n) is 1.75. The van der Waals surface area contributed by atoms with Crippen molar-refractivity contribution >= 4 is 17.7 Å². The molecule has 0 amide bonds. The van der Waals surface area contributed by atoms with Gasteiger partial charge in [0.25, 0.3) is 0 Å². The molecular formula is C11H14ClN. The highest BCUT2D eigenvalue weighted by Crippen LogP contribution is 2.07. The molecule has 0 bridgehead atoms. The lowest BCUT2D eigenvalue weighted by Crippen LogP contribution is -1.79. The Morgan fingerprint density at radius 3 is 3.00 bits per heavy atom. The van der Waals surface area contributed by atoms with Gasteiger partial charge in [0.15, 0.2) is 0 Å². The van der Waals surface area contributed by atoms with Gasteiger partial charge in [-0.3, -0.25) is 0 Å². The second kappa shape index (κ2) is 5.76. The Morgan fingerprint density at radius 1 is 1.46 bits per heavy atom. The van der Waals surface area contributed by atoms with Crippen LogP contribution in [0.2, 0.25) is 5.15 Å². The van der Waals surface area contributed by atoms with E-state index in [-0.39, 0.29) is 0 Å². The van der Waals surface area contributed by atoms with Gasteiger partial charge in [0.2, 0.25) is 0 Å². The highest BCUT2D eigenvalue weighted by Gasteiger charge is 1.89. The minimum atomic E-state index is 0.553. The monoisotopic (exact) mass is 195 g/mol. The molecule has 2 heteroatoms. The molecule has 70 valence electrons. The Bertz CT molecular complexity index is 281. The summed E-state index contributed by atoms with van der Waals surface area (Å²) in [4.78, 5) is 4.15. The number of allylic oxidation sites excluding steroid dienone is 1. The van der Waals surface area contributed by atoms with Crippen LogP contribution in [0.4, 0.5) is 0 Å². The molecule has 0 N–H and O–H groups in total. The van der Waals surface area contributed by atoms with Crippen LogP contribution in [0, 0.1) is 0 Å². The van der Waals surface area contributed by atoms with Crippen LogP contribution in [-0.2, 0) is 0 Å². The van der Waals surface area contributed by atoms with Crippen molar-refractivity contribution in [1.29, 1.82) is 0 Å². The maximum absolute atomic E-state index is 5.74. The quantitative estimate of drug-likeness (QED) is 0.524. The van der Waals surface area contributed by atoms with Gasteiger partial charge < -0.3 is 0 Å². The summed E-state index contributed by atoms with van der Waals surface area (Å²) >= 11 is 5.74. The molecule has 1 rings (SSSR count). The average Bonchev–Trinajstić information content (AvgIpc) is 2.13. The van der Waals surface area contributed by atoms with Crippen molar-refractivity contribution in [3.05, 3.63) is 35.1 Å². The molecule has 1 nitrogen and oxygen atoms in total. The fraction of sp³-hybridized carbons (Fsp3) is 0.364. The van der Waals surface area contributed by atoms with Crippen molar-refractivity contribution in [2.24, 2.45) is 0 Å². The van der Waals surface area contributed by atoms with E-state index >= 15 is 0 Å². The van der Waals surface area contributed by atoms with Crippen molar-refractivity contribution in [2.75, 3.05) is 0 Å². The topological polar surface area (TPSA) is 12.9 Å². The van der Waals surface area contributed by atoms with E-state index in [0.29, 0.717) is 5.15 Å². The van der Waals surface area contributed by atoms with Gasteiger partial charge in [-0.2, -0.15) is 0 Å². The SMILES string of the molecule is CCCCC=Cc1cccc(Cl)n1. The molecule has 1 heterocycles. The van der Waals surface area contributed by atoms with Crippen LogP contribution in [0.15, 0.2) is 24.3 Å². The maximum atomic E-state index is 5.74. The highest BCUT2D eigenvalue weighted by atomic mass is 35.5. The Labute approximate surface area is 84.5 Å². The first-order valence-corrected chi connectivity index (χ1v) is 5.00. The fourth-order valence-electron chi connectivity index (χ4n) is 1.04. The van der Waals surface area contributed by atoms with Crippen LogP contribution in [0.1, 0.15) is 31.9 Å². The molecule has 0 spiro atoms. The van der Waals surface area contributed by atoms with Gasteiger partial charge >= 0.3 is 0 Å². The molecular weight excluding hydrogens is 182 g/mol. The number of nitrogens with zero attached hydrogens (tertiary/aromatic N) is 1. The zero-order valence-electron chi connectivity index (χ0n) is 7.83. The Morgan fingerprint density at radius 2 is 2.31 bits per heavy atom. The van der Waals surface area contributed by atoms with Gasteiger partial charge in [-0.15, -0.1) is 0 Å². The molecule has 0 atom stereocenters. The smallest absolute Gasteiger partial charge is 0.129 e. The lowest BCUT2D eigenvalue weighted by Gasteiger charge is -1.93. The predicted octanol–water partition coefficient (Wildman–Crippen LogP) is 3.94. The number of hydrogen-bond acceptors (Lipinski definition) is 1. The third-order valence-corrected chi connectivity index (χ3v) is 1.96. The van der Waals surface area contributed by atoms with Crippen LogP contribution < -0.4 is 0 Å². The summed E-state index contributed by atoms with van der Waals surface area (Å²) in [6.45, 7) is 2.19. The first kappa shape index (κ1) is 10.3. The van der Waals surface area contributed by atoms with E-state index < -0.39 is 0 Å². The van der Waals surface area contributed by atoms with Crippen LogP contribution >= 0.6 is 11.6 Å². The summed E-state index contributed by atoms with van der Waals surface area (Å²) in [6, 6.07) is 5.65. The summed E-state index contributed by atoms with van der Waals surface area (Å²) in [5.41, 5.74) is 0.934. The molecule has 1 aromatic heterocycles. The van der Waals surface area contributed by atoms with Crippen molar-refractivity contribution in [3.8, 4) is 0 Å². The van der Waals surface area contributed by atoms with Crippen molar-refractivity contribution in [1.82, 2.24) is 4.98 Å². The molecule has 0 saturated carbocycles. The predicted molar refractivity (Wildman–Crippen MR) is 57.8 cm³/mol. The van der Waals surface area contributed by atoms with Gasteiger partial charge in [0.05, 0.1) is 5.69 Å². The zero-order valence-corrected chi connectivity index (χ0v) is 8.59. The van der Waals surface area contributed by atoms with Gasteiger partial charge in [0, 0.05) is 0 Å². The summed E-state index contributed by atoms with van der Waals surface area (Å²) in [5, 5.41) is 0.553. The van der Waals surface area contributed by atoms with Crippen molar-refractivity contribution in [2.45, 2.75) is 26.2 Å². The Kier molecular flexibility index (Phi) is 4.55. The second-order valence-corrected chi connectivity index (χ2v) is 3.32. The fourth-order valence-corrected chi connectivity index (χ4v) is 1.21. The van der Waals surface area contributed by atoms with Gasteiger partial charge in [0.1, 0.15) is 5.15 Å². The van der Waals surface area contributed by atoms with Crippen LogP contribution in [0.3, 0.4) is 0 Å². The van der Waals surface area contributed by atoms with E-state index in [9.17, 15) is 0 Å². The second-order valence-electron chi connectivity index (χ2n) is 2.93. The summed E-state index contributed by atoms with van der Waals surface area (Å²) in [5.74, 6) is 0. The number of hydrogen-bond donors (Lipinski definition) is 0. The lowest BCUT2D eigenvalue weighted by atomic mass is 10.2. The molecule has 0 aliphatic heterocycles. The van der Waals surface area contributed by atoms with E-state index in [1.165, 1.54) is 12.8 Å². The highest BCUT2D eigenvalue weighted by molar-refractivity contribution is 6.29. The first-order chi connectivity index (χ1) is 6.33. The molecule has 1 aromatic rings. The Balaban J connectivity index is 2.48. The molecule has 13 heavy (non-hydrogen) atoms. The number of aromatic nitrogens is 1. The Hall–Kier alpha value is -0.820. The third kappa shape index (κ3) is 4.09. The number of halogens is 1. The zero-order chi connectivity index (χ0) is 9.52. The van der Waals surface area contributed by atoms with Crippen molar-refractivity contribution < 1.29 is 0 Å². The van der Waals surface area contributed by atoms with Gasteiger partial charge in [-0.25, -0.2) is 4.98 Å². The van der Waals surface area contributed by atoms with Crippen LogP contribution in [0.5, 0.6) is 0 Å². The first-order valence-electron chi connectivity index (χ1n) is 4.62. The van der Waals surface area contributed by atoms with E-state index in [2.05, 4.69) is 18.0 Å². The summed E-state index contributed by atoms with van der Waals surface area (Å²) in [7, 11) is 0. The molecule has 0 saturated heterocycles. The maximum Gasteiger partial charge on any atom is 0.129 e. The number of rotatable bonds is 4. The molecule has 0 unspecified atom stereocenters. The molecule has 0 radical (unpaired) electrons. The largest absolute Gasteiger partial charge is 0.237 e. The standard InChI is InChI=1S/C11H14ClN/c1-2-3-4-5-7-10-8-6-9-11(12)13-10/h5-9H,2-4H2,1H3. The molecule has 0 aromatic carbocycles. The normalized spacial score (nSPS) is 10.9. The minimum Gasteiger partial charge on any atom is -0.237 e. The van der Waals surface area contributed by atoms with Gasteiger partial charge in [-0.1, -0.05) is 43.5 Å². The molecule has 0 fully saturated rings. The molecule has 0 aliphatic rings. The summed E-state index contributed by atoms with van der Waals surface area (Å²) < 4.78 is 0. The summed E-state index contributed by atoms with van der Waals surface area (Å²) in [6.07, 6.45) is 7.73. The van der Waals surface area contributed by atoms with E-state index in [1.807, 2.05) is 18.2 Å². The van der Waals surface area contributed by atoms with E-state index in [0.717, 1.165) is 12.1 Å². The van der Waals surface area contributed by atoms with E-state index in [4.69, 9.17) is 11.6 Å². The average molecular weight is 196 g/mol. The lowest BCUT2D eigenvalue weighted by molar-refractivity contribution is 0.816.